The Kier molecular flexibility index (Phi) is 4.39. The van der Waals surface area contributed by atoms with Crippen LogP contribution in [0.5, 0.6) is 5.75 Å². The minimum Gasteiger partial charge on any atom is -0.495 e. The van der Waals surface area contributed by atoms with Gasteiger partial charge in [-0.05, 0) is 25.0 Å². The summed E-state index contributed by atoms with van der Waals surface area (Å²) in [6.45, 7) is 0.715. The van der Waals surface area contributed by atoms with Crippen LogP contribution < -0.4 is 15.0 Å². The highest BCUT2D eigenvalue weighted by Gasteiger charge is 2.41. The molecule has 2 amide bonds. The second-order valence-corrected chi connectivity index (χ2v) is 7.28. The molecule has 1 aromatic carbocycles. The van der Waals surface area contributed by atoms with Crippen LogP contribution in [-0.4, -0.2) is 47.5 Å². The van der Waals surface area contributed by atoms with Gasteiger partial charge in [-0.2, -0.15) is 0 Å². The molecule has 1 saturated carbocycles. The molecule has 1 aliphatic carbocycles. The first-order valence-corrected chi connectivity index (χ1v) is 9.27. The molecular weight excluding hydrogens is 350 g/mol. The summed E-state index contributed by atoms with van der Waals surface area (Å²) in [6, 6.07) is 7.45. The third kappa shape index (κ3) is 3.06. The molecule has 1 N–H and O–H groups in total. The standard InChI is InChI=1S/C18H19N5O2S/c1-3-10-22-11-15(19-13-6-4-5-7-14(13)25-2)23(18(22)24)17-21-20-16(26-17)12-8-9-12/h1,4-7,12,15,19H,8-11H2,2H3. The van der Waals surface area contributed by atoms with Gasteiger partial charge in [-0.1, -0.05) is 29.4 Å². The number of benzene rings is 1. The summed E-state index contributed by atoms with van der Waals surface area (Å²) in [4.78, 5) is 16.1. The van der Waals surface area contributed by atoms with Crippen LogP contribution in [0, 0.1) is 12.3 Å². The van der Waals surface area contributed by atoms with E-state index < -0.39 is 0 Å². The van der Waals surface area contributed by atoms with Crippen molar-refractivity contribution < 1.29 is 9.53 Å². The SMILES string of the molecule is C#CCN1CC(Nc2ccccc2OC)N(c2nnc(C3CC3)s2)C1=O. The molecule has 2 fully saturated rings. The molecule has 1 saturated heterocycles. The number of para-hydroxylation sites is 2. The number of carbonyl (C=O) groups is 1. The summed E-state index contributed by atoms with van der Waals surface area (Å²) in [6.07, 6.45) is 7.42. The Morgan fingerprint density at radius 2 is 2.19 bits per heavy atom. The molecule has 2 aromatic rings. The Balaban J connectivity index is 1.63. The number of nitrogens with zero attached hydrogens (tertiary/aromatic N) is 4. The van der Waals surface area contributed by atoms with Gasteiger partial charge in [0, 0.05) is 5.92 Å². The van der Waals surface area contributed by atoms with Gasteiger partial charge in [-0.3, -0.25) is 0 Å². The summed E-state index contributed by atoms with van der Waals surface area (Å²) >= 11 is 1.48. The first-order chi connectivity index (χ1) is 12.7. The summed E-state index contributed by atoms with van der Waals surface area (Å²) in [5.41, 5.74) is 0.812. The van der Waals surface area contributed by atoms with E-state index in [0.717, 1.165) is 23.5 Å². The Bertz CT molecular complexity index is 857. The van der Waals surface area contributed by atoms with Crippen LogP contribution in [0.25, 0.3) is 0 Å². The van der Waals surface area contributed by atoms with Crippen molar-refractivity contribution in [2.45, 2.75) is 24.9 Å². The van der Waals surface area contributed by atoms with Crippen molar-refractivity contribution in [2.75, 3.05) is 30.4 Å². The zero-order valence-corrected chi connectivity index (χ0v) is 15.2. The van der Waals surface area contributed by atoms with Crippen molar-refractivity contribution in [3.05, 3.63) is 29.3 Å². The summed E-state index contributed by atoms with van der Waals surface area (Å²) < 4.78 is 5.40. The van der Waals surface area contributed by atoms with Crippen molar-refractivity contribution >= 4 is 28.2 Å². The highest BCUT2D eigenvalue weighted by atomic mass is 32.1. The minimum atomic E-state index is -0.299. The van der Waals surface area contributed by atoms with Crippen LogP contribution in [-0.2, 0) is 0 Å². The second kappa shape index (κ2) is 6.84. The summed E-state index contributed by atoms with van der Waals surface area (Å²) in [7, 11) is 1.62. The number of terminal acetylenes is 1. The van der Waals surface area contributed by atoms with E-state index in [-0.39, 0.29) is 18.7 Å². The first-order valence-electron chi connectivity index (χ1n) is 8.46. The number of carbonyl (C=O) groups excluding carboxylic acids is 1. The lowest BCUT2D eigenvalue weighted by atomic mass is 10.3. The van der Waals surface area contributed by atoms with Gasteiger partial charge in [0.2, 0.25) is 5.13 Å². The lowest BCUT2D eigenvalue weighted by molar-refractivity contribution is 0.225. The van der Waals surface area contributed by atoms with E-state index >= 15 is 0 Å². The third-order valence-corrected chi connectivity index (χ3v) is 5.54. The minimum absolute atomic E-state index is 0.158. The van der Waals surface area contributed by atoms with Crippen molar-refractivity contribution in [3.63, 3.8) is 0 Å². The fourth-order valence-corrected chi connectivity index (χ4v) is 4.04. The molecule has 2 aliphatic rings. The summed E-state index contributed by atoms with van der Waals surface area (Å²) in [5, 5.41) is 13.5. The van der Waals surface area contributed by atoms with E-state index in [1.54, 1.807) is 16.9 Å². The van der Waals surface area contributed by atoms with Crippen LogP contribution in [0.3, 0.4) is 0 Å². The molecule has 0 radical (unpaired) electrons. The topological polar surface area (TPSA) is 70.6 Å². The van der Waals surface area contributed by atoms with Crippen molar-refractivity contribution in [1.29, 1.82) is 0 Å². The van der Waals surface area contributed by atoms with E-state index in [0.29, 0.717) is 23.3 Å². The fraction of sp³-hybridized carbons (Fsp3) is 0.389. The highest BCUT2D eigenvalue weighted by molar-refractivity contribution is 7.15. The van der Waals surface area contributed by atoms with Gasteiger partial charge in [0.15, 0.2) is 0 Å². The number of ether oxygens (including phenoxy) is 1. The number of methoxy groups -OCH3 is 1. The molecule has 134 valence electrons. The van der Waals surface area contributed by atoms with Gasteiger partial charge in [-0.25, -0.2) is 9.69 Å². The number of hydrogen-bond acceptors (Lipinski definition) is 6. The number of nitrogens with one attached hydrogen (secondary N) is 1. The molecule has 1 unspecified atom stereocenters. The van der Waals surface area contributed by atoms with E-state index in [4.69, 9.17) is 11.2 Å². The average Bonchev–Trinajstić information content (AvgIpc) is 3.32. The van der Waals surface area contributed by atoms with E-state index in [2.05, 4.69) is 21.4 Å². The van der Waals surface area contributed by atoms with Gasteiger partial charge in [0.25, 0.3) is 0 Å². The van der Waals surface area contributed by atoms with Crippen LogP contribution in [0.4, 0.5) is 15.6 Å². The van der Waals surface area contributed by atoms with Crippen LogP contribution in [0.15, 0.2) is 24.3 Å². The van der Waals surface area contributed by atoms with Crippen molar-refractivity contribution in [3.8, 4) is 18.1 Å². The van der Waals surface area contributed by atoms with Gasteiger partial charge in [0.05, 0.1) is 25.9 Å². The van der Waals surface area contributed by atoms with Gasteiger partial charge >= 0.3 is 6.03 Å². The van der Waals surface area contributed by atoms with Crippen molar-refractivity contribution in [2.24, 2.45) is 0 Å². The van der Waals surface area contributed by atoms with Crippen LogP contribution >= 0.6 is 11.3 Å². The van der Waals surface area contributed by atoms with Crippen LogP contribution in [0.1, 0.15) is 23.8 Å². The average molecular weight is 369 g/mol. The number of amides is 2. The number of aromatic nitrogens is 2. The molecule has 0 spiro atoms. The Morgan fingerprint density at radius 3 is 2.92 bits per heavy atom. The predicted octanol–water partition coefficient (Wildman–Crippen LogP) is 2.74. The first kappa shape index (κ1) is 16.7. The quantitative estimate of drug-likeness (QED) is 0.793. The van der Waals surface area contributed by atoms with E-state index in [1.807, 2.05) is 24.3 Å². The maximum absolute atomic E-state index is 12.9. The monoisotopic (exact) mass is 369 g/mol. The third-order valence-electron chi connectivity index (χ3n) is 4.46. The van der Waals surface area contributed by atoms with E-state index in [9.17, 15) is 4.79 Å². The zero-order chi connectivity index (χ0) is 18.1. The van der Waals surface area contributed by atoms with Gasteiger partial charge in [0.1, 0.15) is 16.9 Å². The lowest BCUT2D eigenvalue weighted by Crippen LogP contribution is -2.39. The number of rotatable bonds is 6. The van der Waals surface area contributed by atoms with Gasteiger partial charge < -0.3 is 15.0 Å². The lowest BCUT2D eigenvalue weighted by Gasteiger charge is -2.22. The number of urea groups is 1. The molecule has 1 aliphatic heterocycles. The molecule has 2 heterocycles. The largest absolute Gasteiger partial charge is 0.495 e. The normalized spacial score (nSPS) is 19.5. The molecule has 0 bridgehead atoms. The Labute approximate surface area is 156 Å². The molecule has 8 heteroatoms. The Hall–Kier alpha value is -2.79. The Morgan fingerprint density at radius 1 is 1.38 bits per heavy atom. The fourth-order valence-electron chi connectivity index (χ4n) is 2.98. The van der Waals surface area contributed by atoms with E-state index in [1.165, 1.54) is 11.3 Å². The second-order valence-electron chi connectivity index (χ2n) is 6.29. The maximum atomic E-state index is 12.9. The maximum Gasteiger partial charge on any atom is 0.329 e. The molecule has 7 nitrogen and oxygen atoms in total. The number of anilines is 2. The van der Waals surface area contributed by atoms with Gasteiger partial charge in [-0.15, -0.1) is 16.6 Å². The van der Waals surface area contributed by atoms with Crippen molar-refractivity contribution in [1.82, 2.24) is 15.1 Å². The molecular formula is C18H19N5O2S. The predicted molar refractivity (Wildman–Crippen MR) is 101 cm³/mol. The van der Waals surface area contributed by atoms with Crippen LogP contribution in [0.2, 0.25) is 0 Å². The zero-order valence-electron chi connectivity index (χ0n) is 14.4. The molecule has 26 heavy (non-hydrogen) atoms. The molecule has 1 aromatic heterocycles. The highest BCUT2D eigenvalue weighted by Crippen LogP contribution is 2.43. The molecule has 1 atom stereocenters. The smallest absolute Gasteiger partial charge is 0.329 e. The molecule has 4 rings (SSSR count). The summed E-state index contributed by atoms with van der Waals surface area (Å²) in [5.74, 6) is 3.76. The number of hydrogen-bond donors (Lipinski definition) is 1.